The van der Waals surface area contributed by atoms with Gasteiger partial charge in [0.05, 0.1) is 7.11 Å². The van der Waals surface area contributed by atoms with Crippen LogP contribution in [0.2, 0.25) is 0 Å². The third kappa shape index (κ3) is 4.87. The van der Waals surface area contributed by atoms with Crippen molar-refractivity contribution in [1.82, 2.24) is 5.32 Å². The first-order chi connectivity index (χ1) is 8.89. The van der Waals surface area contributed by atoms with E-state index in [1.54, 1.807) is 7.11 Å². The number of methoxy groups -OCH3 is 1. The highest BCUT2D eigenvalue weighted by Gasteiger charge is 2.17. The standard InChI is InChI=1S/C17H29NO/c1-13-11-15(12-14(2)16(13)19-6)7-8-17(3,4)9-10-18-5/h11-12,18H,7-10H2,1-6H3. The number of aryl methyl sites for hydroxylation is 3. The maximum absolute atomic E-state index is 5.42. The van der Waals surface area contributed by atoms with E-state index in [0.29, 0.717) is 5.41 Å². The van der Waals surface area contributed by atoms with Crippen molar-refractivity contribution in [3.63, 3.8) is 0 Å². The summed E-state index contributed by atoms with van der Waals surface area (Å²) in [5.74, 6) is 1.03. The lowest BCUT2D eigenvalue weighted by Crippen LogP contribution is -2.20. The Morgan fingerprint density at radius 3 is 2.16 bits per heavy atom. The van der Waals surface area contributed by atoms with Crippen molar-refractivity contribution in [3.05, 3.63) is 28.8 Å². The van der Waals surface area contributed by atoms with Crippen LogP contribution in [0.5, 0.6) is 5.75 Å². The molecule has 2 heteroatoms. The topological polar surface area (TPSA) is 21.3 Å². The molecule has 0 radical (unpaired) electrons. The van der Waals surface area contributed by atoms with Crippen molar-refractivity contribution in [1.29, 1.82) is 0 Å². The Kier molecular flexibility index (Phi) is 5.86. The number of benzene rings is 1. The number of ether oxygens (including phenoxy) is 1. The highest BCUT2D eigenvalue weighted by Crippen LogP contribution is 2.29. The average molecular weight is 263 g/mol. The molecule has 0 aromatic heterocycles. The lowest BCUT2D eigenvalue weighted by Gasteiger charge is -2.24. The lowest BCUT2D eigenvalue weighted by atomic mass is 9.83. The van der Waals surface area contributed by atoms with Crippen LogP contribution in [0.25, 0.3) is 0 Å². The molecule has 0 fully saturated rings. The molecule has 108 valence electrons. The Hall–Kier alpha value is -1.02. The van der Waals surface area contributed by atoms with Crippen molar-refractivity contribution in [3.8, 4) is 5.75 Å². The Morgan fingerprint density at radius 1 is 1.11 bits per heavy atom. The van der Waals surface area contributed by atoms with Crippen LogP contribution in [-0.2, 0) is 6.42 Å². The molecule has 1 rings (SSSR count). The van der Waals surface area contributed by atoms with E-state index in [0.717, 1.165) is 18.7 Å². The van der Waals surface area contributed by atoms with Gasteiger partial charge in [0.25, 0.3) is 0 Å². The van der Waals surface area contributed by atoms with E-state index in [-0.39, 0.29) is 0 Å². The van der Waals surface area contributed by atoms with Gasteiger partial charge >= 0.3 is 0 Å². The summed E-state index contributed by atoms with van der Waals surface area (Å²) in [6.45, 7) is 10.1. The minimum absolute atomic E-state index is 0.394. The molecule has 0 bridgehead atoms. The minimum Gasteiger partial charge on any atom is -0.496 e. The van der Waals surface area contributed by atoms with Gasteiger partial charge in [-0.05, 0) is 68.8 Å². The first kappa shape index (κ1) is 16.0. The molecular weight excluding hydrogens is 234 g/mol. The molecular formula is C17H29NO. The van der Waals surface area contributed by atoms with Crippen LogP contribution in [0.3, 0.4) is 0 Å². The summed E-state index contributed by atoms with van der Waals surface area (Å²) in [6.07, 6.45) is 3.58. The average Bonchev–Trinajstić information content (AvgIpc) is 2.34. The summed E-state index contributed by atoms with van der Waals surface area (Å²) in [4.78, 5) is 0. The van der Waals surface area contributed by atoms with E-state index >= 15 is 0 Å². The summed E-state index contributed by atoms with van der Waals surface area (Å²) in [5, 5.41) is 3.24. The molecule has 19 heavy (non-hydrogen) atoms. The van der Waals surface area contributed by atoms with Crippen LogP contribution in [0.1, 0.15) is 43.4 Å². The van der Waals surface area contributed by atoms with E-state index in [1.807, 2.05) is 7.05 Å². The summed E-state index contributed by atoms with van der Waals surface area (Å²) in [5.41, 5.74) is 4.30. The van der Waals surface area contributed by atoms with Gasteiger partial charge in [0.1, 0.15) is 5.75 Å². The molecule has 1 aromatic carbocycles. The van der Waals surface area contributed by atoms with E-state index in [2.05, 4.69) is 45.1 Å². The van der Waals surface area contributed by atoms with Crippen LogP contribution < -0.4 is 10.1 Å². The maximum atomic E-state index is 5.42. The highest BCUT2D eigenvalue weighted by atomic mass is 16.5. The highest BCUT2D eigenvalue weighted by molar-refractivity contribution is 5.43. The molecule has 0 aliphatic heterocycles. The van der Waals surface area contributed by atoms with Gasteiger partial charge in [-0.3, -0.25) is 0 Å². The Bertz CT molecular complexity index is 387. The molecule has 0 heterocycles. The number of hydrogen-bond acceptors (Lipinski definition) is 2. The quantitative estimate of drug-likeness (QED) is 0.806. The van der Waals surface area contributed by atoms with Crippen LogP contribution in [-0.4, -0.2) is 20.7 Å². The molecule has 0 saturated heterocycles. The Labute approximate surface area is 118 Å². The molecule has 1 aromatic rings. The molecule has 0 atom stereocenters. The summed E-state index contributed by atoms with van der Waals surface area (Å²) >= 11 is 0. The normalized spacial score (nSPS) is 11.7. The van der Waals surface area contributed by atoms with Gasteiger partial charge in [-0.25, -0.2) is 0 Å². The van der Waals surface area contributed by atoms with E-state index < -0.39 is 0 Å². The van der Waals surface area contributed by atoms with Crippen molar-refractivity contribution >= 4 is 0 Å². The van der Waals surface area contributed by atoms with Crippen molar-refractivity contribution in [2.45, 2.75) is 47.0 Å². The smallest absolute Gasteiger partial charge is 0.124 e. The van der Waals surface area contributed by atoms with E-state index in [1.165, 1.54) is 29.5 Å². The predicted molar refractivity (Wildman–Crippen MR) is 83.1 cm³/mol. The van der Waals surface area contributed by atoms with Crippen molar-refractivity contribution in [2.24, 2.45) is 5.41 Å². The Morgan fingerprint density at radius 2 is 1.68 bits per heavy atom. The summed E-state index contributed by atoms with van der Waals surface area (Å²) in [7, 11) is 3.77. The second kappa shape index (κ2) is 6.95. The molecule has 0 saturated carbocycles. The molecule has 0 spiro atoms. The number of rotatable bonds is 7. The first-order valence-electron chi connectivity index (χ1n) is 7.18. The van der Waals surface area contributed by atoms with E-state index in [4.69, 9.17) is 4.74 Å². The fourth-order valence-electron chi connectivity index (χ4n) is 2.58. The third-order valence-corrected chi connectivity index (χ3v) is 3.87. The van der Waals surface area contributed by atoms with Gasteiger partial charge in [0.2, 0.25) is 0 Å². The number of hydrogen-bond donors (Lipinski definition) is 1. The molecule has 1 N–H and O–H groups in total. The largest absolute Gasteiger partial charge is 0.496 e. The first-order valence-corrected chi connectivity index (χ1v) is 7.18. The lowest BCUT2D eigenvalue weighted by molar-refractivity contribution is 0.305. The zero-order valence-electron chi connectivity index (χ0n) is 13.4. The van der Waals surface area contributed by atoms with Gasteiger partial charge < -0.3 is 10.1 Å². The predicted octanol–water partition coefficient (Wildman–Crippen LogP) is 3.88. The van der Waals surface area contributed by atoms with Crippen molar-refractivity contribution in [2.75, 3.05) is 20.7 Å². The van der Waals surface area contributed by atoms with Gasteiger partial charge in [-0.2, -0.15) is 0 Å². The van der Waals surface area contributed by atoms with Gasteiger partial charge in [0, 0.05) is 0 Å². The third-order valence-electron chi connectivity index (χ3n) is 3.87. The molecule has 2 nitrogen and oxygen atoms in total. The van der Waals surface area contributed by atoms with Gasteiger partial charge in [-0.15, -0.1) is 0 Å². The zero-order valence-corrected chi connectivity index (χ0v) is 13.4. The van der Waals surface area contributed by atoms with Gasteiger partial charge in [-0.1, -0.05) is 26.0 Å². The van der Waals surface area contributed by atoms with E-state index in [9.17, 15) is 0 Å². The van der Waals surface area contributed by atoms with Gasteiger partial charge in [0.15, 0.2) is 0 Å². The van der Waals surface area contributed by atoms with Crippen LogP contribution in [0, 0.1) is 19.3 Å². The fourth-order valence-corrected chi connectivity index (χ4v) is 2.58. The monoisotopic (exact) mass is 263 g/mol. The molecule has 0 amide bonds. The van der Waals surface area contributed by atoms with Crippen LogP contribution in [0.15, 0.2) is 12.1 Å². The molecule has 0 unspecified atom stereocenters. The second-order valence-electron chi connectivity index (χ2n) is 6.28. The zero-order chi connectivity index (χ0) is 14.5. The SMILES string of the molecule is CNCCC(C)(C)CCc1cc(C)c(OC)c(C)c1. The number of nitrogens with one attached hydrogen (secondary N) is 1. The maximum Gasteiger partial charge on any atom is 0.124 e. The molecule has 0 aliphatic carbocycles. The van der Waals surface area contributed by atoms with Crippen LogP contribution in [0.4, 0.5) is 0 Å². The van der Waals surface area contributed by atoms with Crippen LogP contribution >= 0.6 is 0 Å². The minimum atomic E-state index is 0.394. The molecule has 0 aliphatic rings. The summed E-state index contributed by atoms with van der Waals surface area (Å²) < 4.78 is 5.42. The fraction of sp³-hybridized carbons (Fsp3) is 0.647. The second-order valence-corrected chi connectivity index (χ2v) is 6.28. The summed E-state index contributed by atoms with van der Waals surface area (Å²) in [6, 6.07) is 4.53. The van der Waals surface area contributed by atoms with Crippen molar-refractivity contribution < 1.29 is 4.74 Å². The Balaban J connectivity index is 2.68.